The van der Waals surface area contributed by atoms with Crippen LogP contribution in [0.1, 0.15) is 5.56 Å². The van der Waals surface area contributed by atoms with Gasteiger partial charge in [-0.1, -0.05) is 12.1 Å². The molecule has 152 valence electrons. The fourth-order valence-electron chi connectivity index (χ4n) is 2.25. The van der Waals surface area contributed by atoms with E-state index in [1.165, 1.54) is 32.4 Å². The summed E-state index contributed by atoms with van der Waals surface area (Å²) in [5.41, 5.74) is 0.540. The molecule has 0 aliphatic carbocycles. The Balaban J connectivity index is 2.03. The average Bonchev–Trinajstić information content (AvgIpc) is 2.73. The first-order valence-electron chi connectivity index (χ1n) is 8.28. The van der Waals surface area contributed by atoms with Gasteiger partial charge >= 0.3 is 6.09 Å². The van der Waals surface area contributed by atoms with Gasteiger partial charge in [-0.3, -0.25) is 14.9 Å². The highest BCUT2D eigenvalue weighted by Crippen LogP contribution is 2.28. The third-order valence-electron chi connectivity index (χ3n) is 3.71. The number of halogens is 1. The van der Waals surface area contributed by atoms with Crippen LogP contribution in [0.5, 0.6) is 11.5 Å². The van der Waals surface area contributed by atoms with Crippen LogP contribution in [0.4, 0.5) is 20.6 Å². The average molecular weight is 402 g/mol. The van der Waals surface area contributed by atoms with E-state index in [0.29, 0.717) is 17.1 Å². The summed E-state index contributed by atoms with van der Waals surface area (Å²) in [6.45, 7) is 0. The number of methoxy groups -OCH3 is 3. The van der Waals surface area contributed by atoms with Gasteiger partial charge in [0.2, 0.25) is 5.78 Å². The van der Waals surface area contributed by atoms with Crippen LogP contribution >= 0.6 is 0 Å². The Morgan fingerprint density at radius 2 is 1.66 bits per heavy atom. The van der Waals surface area contributed by atoms with Crippen LogP contribution in [0.15, 0.2) is 42.5 Å². The molecule has 0 aliphatic rings. The second-order valence-corrected chi connectivity index (χ2v) is 5.58. The predicted octanol–water partition coefficient (Wildman–Crippen LogP) is 3.24. The second-order valence-electron chi connectivity index (χ2n) is 5.58. The Morgan fingerprint density at radius 3 is 2.28 bits per heavy atom. The van der Waals surface area contributed by atoms with E-state index < -0.39 is 23.6 Å². The standard InChI is InChI=1S/C20H19FN2O6/c1-27-17-9-5-12(10-18(17)28-2)4-8-16(24)19(25)22-13-6-7-15(14(21)11-13)23-20(26)29-3/h4-11H,1-3H3,(H,22,25)(H,23,26). The molecule has 0 saturated heterocycles. The first-order chi connectivity index (χ1) is 13.9. The number of anilines is 2. The van der Waals surface area contributed by atoms with Crippen molar-refractivity contribution in [2.75, 3.05) is 32.0 Å². The zero-order chi connectivity index (χ0) is 21.4. The largest absolute Gasteiger partial charge is 0.493 e. The lowest BCUT2D eigenvalue weighted by atomic mass is 10.1. The lowest BCUT2D eigenvalue weighted by Gasteiger charge is -2.08. The highest BCUT2D eigenvalue weighted by atomic mass is 19.1. The fraction of sp³-hybridized carbons (Fsp3) is 0.150. The molecule has 0 aromatic heterocycles. The summed E-state index contributed by atoms with van der Waals surface area (Å²) in [7, 11) is 4.13. The lowest BCUT2D eigenvalue weighted by Crippen LogP contribution is -2.21. The van der Waals surface area contributed by atoms with Crippen molar-refractivity contribution in [3.05, 3.63) is 53.9 Å². The summed E-state index contributed by atoms with van der Waals surface area (Å²) in [4.78, 5) is 35.1. The molecule has 2 aromatic rings. The summed E-state index contributed by atoms with van der Waals surface area (Å²) in [6, 6.07) is 8.52. The van der Waals surface area contributed by atoms with Gasteiger partial charge in [0.1, 0.15) is 5.82 Å². The van der Waals surface area contributed by atoms with Crippen molar-refractivity contribution in [3.8, 4) is 11.5 Å². The van der Waals surface area contributed by atoms with Gasteiger partial charge in [-0.2, -0.15) is 0 Å². The van der Waals surface area contributed by atoms with Crippen LogP contribution in [0.3, 0.4) is 0 Å². The van der Waals surface area contributed by atoms with E-state index in [0.717, 1.165) is 19.3 Å². The first-order valence-corrected chi connectivity index (χ1v) is 8.28. The topological polar surface area (TPSA) is 103 Å². The van der Waals surface area contributed by atoms with E-state index in [2.05, 4.69) is 15.4 Å². The number of nitrogens with one attached hydrogen (secondary N) is 2. The number of amides is 2. The molecule has 29 heavy (non-hydrogen) atoms. The van der Waals surface area contributed by atoms with Crippen LogP contribution in [-0.4, -0.2) is 39.1 Å². The Bertz CT molecular complexity index is 958. The molecule has 0 bridgehead atoms. The summed E-state index contributed by atoms with van der Waals surface area (Å²) in [6.07, 6.45) is 1.68. The summed E-state index contributed by atoms with van der Waals surface area (Å²) in [5, 5.41) is 4.46. The zero-order valence-electron chi connectivity index (χ0n) is 15.9. The third kappa shape index (κ3) is 5.80. The molecule has 0 atom stereocenters. The van der Waals surface area contributed by atoms with Crippen molar-refractivity contribution in [1.82, 2.24) is 0 Å². The Hall–Kier alpha value is -3.88. The van der Waals surface area contributed by atoms with E-state index in [-0.39, 0.29) is 11.4 Å². The molecule has 0 fully saturated rings. The van der Waals surface area contributed by atoms with Crippen molar-refractivity contribution in [3.63, 3.8) is 0 Å². The molecular weight excluding hydrogens is 383 g/mol. The predicted molar refractivity (Wildman–Crippen MR) is 105 cm³/mol. The summed E-state index contributed by atoms with van der Waals surface area (Å²) >= 11 is 0. The Labute approximate surface area is 166 Å². The maximum Gasteiger partial charge on any atom is 0.411 e. The van der Waals surface area contributed by atoms with E-state index >= 15 is 0 Å². The molecule has 0 radical (unpaired) electrons. The van der Waals surface area contributed by atoms with Gasteiger partial charge in [0.25, 0.3) is 5.91 Å². The van der Waals surface area contributed by atoms with Gasteiger partial charge < -0.3 is 19.5 Å². The molecule has 2 amide bonds. The number of carbonyl (C=O) groups is 3. The molecule has 2 rings (SSSR count). The van der Waals surface area contributed by atoms with Gasteiger partial charge in [-0.15, -0.1) is 0 Å². The molecular formula is C20H19FN2O6. The number of benzene rings is 2. The van der Waals surface area contributed by atoms with Gasteiger partial charge in [0.15, 0.2) is 11.5 Å². The molecule has 8 nitrogen and oxygen atoms in total. The van der Waals surface area contributed by atoms with Gasteiger partial charge in [0, 0.05) is 5.69 Å². The van der Waals surface area contributed by atoms with Gasteiger partial charge in [0.05, 0.1) is 27.0 Å². The highest BCUT2D eigenvalue weighted by molar-refractivity contribution is 6.45. The normalized spacial score (nSPS) is 10.3. The van der Waals surface area contributed by atoms with Crippen molar-refractivity contribution in [2.24, 2.45) is 0 Å². The molecule has 0 spiro atoms. The Kier molecular flexibility index (Phi) is 7.30. The number of hydrogen-bond acceptors (Lipinski definition) is 6. The molecule has 0 aliphatic heterocycles. The number of ketones is 1. The van der Waals surface area contributed by atoms with Gasteiger partial charge in [-0.25, -0.2) is 9.18 Å². The van der Waals surface area contributed by atoms with E-state index in [1.54, 1.807) is 18.2 Å². The van der Waals surface area contributed by atoms with Crippen LogP contribution in [0, 0.1) is 5.82 Å². The molecule has 0 heterocycles. The van der Waals surface area contributed by atoms with Crippen LogP contribution in [0.25, 0.3) is 6.08 Å². The van der Waals surface area contributed by atoms with Crippen molar-refractivity contribution in [2.45, 2.75) is 0 Å². The maximum atomic E-state index is 14.0. The van der Waals surface area contributed by atoms with Crippen molar-refractivity contribution >= 4 is 35.2 Å². The number of carbonyl (C=O) groups excluding carboxylic acids is 3. The fourth-order valence-corrected chi connectivity index (χ4v) is 2.25. The smallest absolute Gasteiger partial charge is 0.411 e. The molecule has 2 N–H and O–H groups in total. The number of hydrogen-bond donors (Lipinski definition) is 2. The second kappa shape index (κ2) is 9.88. The van der Waals surface area contributed by atoms with E-state index in [9.17, 15) is 18.8 Å². The minimum atomic E-state index is -0.949. The highest BCUT2D eigenvalue weighted by Gasteiger charge is 2.13. The summed E-state index contributed by atoms with van der Waals surface area (Å²) < 4.78 is 28.6. The van der Waals surface area contributed by atoms with Crippen LogP contribution in [-0.2, 0) is 14.3 Å². The molecule has 9 heteroatoms. The first kappa shape index (κ1) is 21.4. The quantitative estimate of drug-likeness (QED) is 0.544. The van der Waals surface area contributed by atoms with Crippen LogP contribution in [0.2, 0.25) is 0 Å². The molecule has 2 aromatic carbocycles. The van der Waals surface area contributed by atoms with Gasteiger partial charge in [-0.05, 0) is 42.0 Å². The minimum absolute atomic E-state index is 0.0517. The SMILES string of the molecule is COC(=O)Nc1ccc(NC(=O)C(=O)C=Cc2ccc(OC)c(OC)c2)cc1F. The third-order valence-corrected chi connectivity index (χ3v) is 3.71. The number of rotatable bonds is 7. The van der Waals surface area contributed by atoms with Crippen molar-refractivity contribution in [1.29, 1.82) is 0 Å². The molecule has 0 unspecified atom stereocenters. The van der Waals surface area contributed by atoms with E-state index in [1.807, 2.05) is 0 Å². The maximum absolute atomic E-state index is 14.0. The number of ether oxygens (including phenoxy) is 3. The Morgan fingerprint density at radius 1 is 0.931 bits per heavy atom. The monoisotopic (exact) mass is 402 g/mol. The van der Waals surface area contributed by atoms with Crippen molar-refractivity contribution < 1.29 is 33.0 Å². The van der Waals surface area contributed by atoms with E-state index in [4.69, 9.17) is 9.47 Å². The minimum Gasteiger partial charge on any atom is -0.493 e. The lowest BCUT2D eigenvalue weighted by molar-refractivity contribution is -0.131. The molecule has 0 saturated carbocycles. The summed E-state index contributed by atoms with van der Waals surface area (Å²) in [5.74, 6) is -1.59. The zero-order valence-corrected chi connectivity index (χ0v) is 15.9. The van der Waals surface area contributed by atoms with Crippen LogP contribution < -0.4 is 20.1 Å².